The Morgan fingerprint density at radius 1 is 1.27 bits per heavy atom. The number of nitrogens with zero attached hydrogens (tertiary/aromatic N) is 3. The molecule has 0 aliphatic heterocycles. The molecule has 2 rings (SSSR count). The van der Waals surface area contributed by atoms with Crippen molar-refractivity contribution in [1.82, 2.24) is 15.5 Å². The van der Waals surface area contributed by atoms with Gasteiger partial charge in [0.1, 0.15) is 11.8 Å². The summed E-state index contributed by atoms with van der Waals surface area (Å²) in [7, 11) is 0. The van der Waals surface area contributed by atoms with Crippen LogP contribution in [0.1, 0.15) is 43.7 Å². The van der Waals surface area contributed by atoms with Crippen LogP contribution in [0.25, 0.3) is 0 Å². The summed E-state index contributed by atoms with van der Waals surface area (Å²) >= 11 is 6.17. The van der Waals surface area contributed by atoms with Crippen molar-refractivity contribution in [1.29, 1.82) is 0 Å². The summed E-state index contributed by atoms with van der Waals surface area (Å²) in [5.41, 5.74) is 1.94. The van der Waals surface area contributed by atoms with Crippen LogP contribution in [0.15, 0.2) is 42.2 Å². The minimum atomic E-state index is -1.13. The second-order valence-electron chi connectivity index (χ2n) is 6.89. The largest absolute Gasteiger partial charge is 0.480 e. The highest BCUT2D eigenvalue weighted by atomic mass is 35.5. The third-order valence-electron chi connectivity index (χ3n) is 4.11. The van der Waals surface area contributed by atoms with E-state index in [0.29, 0.717) is 29.7 Å². The van der Waals surface area contributed by atoms with Crippen LogP contribution in [0.3, 0.4) is 0 Å². The molecule has 1 atom stereocenters. The van der Waals surface area contributed by atoms with E-state index in [9.17, 15) is 9.59 Å². The summed E-state index contributed by atoms with van der Waals surface area (Å²) in [6.45, 7) is 8.33. The zero-order chi connectivity index (χ0) is 22.3. The van der Waals surface area contributed by atoms with Crippen LogP contribution in [0.2, 0.25) is 5.02 Å². The van der Waals surface area contributed by atoms with Gasteiger partial charge in [-0.2, -0.15) is 0 Å². The number of hydrogen-bond donors (Lipinski definition) is 2. The number of aromatic nitrogens is 2. The Balaban J connectivity index is 2.19. The molecule has 0 aliphatic carbocycles. The lowest BCUT2D eigenvalue weighted by atomic mass is 10.2. The van der Waals surface area contributed by atoms with Crippen LogP contribution in [0.5, 0.6) is 5.75 Å². The van der Waals surface area contributed by atoms with Gasteiger partial charge in [0.05, 0.1) is 6.26 Å². The zero-order valence-electron chi connectivity index (χ0n) is 17.3. The summed E-state index contributed by atoms with van der Waals surface area (Å²) in [6, 6.07) is 7.56. The summed E-state index contributed by atoms with van der Waals surface area (Å²) in [6.07, 6.45) is 1.67. The number of rotatable bonds is 9. The molecule has 0 spiro atoms. The van der Waals surface area contributed by atoms with E-state index in [2.05, 4.69) is 15.5 Å². The highest BCUT2D eigenvalue weighted by molar-refractivity contribution is 6.30. The van der Waals surface area contributed by atoms with Crippen LogP contribution >= 0.6 is 11.6 Å². The number of halogens is 1. The zero-order valence-corrected chi connectivity index (χ0v) is 18.1. The van der Waals surface area contributed by atoms with Crippen LogP contribution < -0.4 is 15.0 Å². The van der Waals surface area contributed by atoms with Gasteiger partial charge in [-0.05, 0) is 63.6 Å². The Morgan fingerprint density at radius 2 is 2.00 bits per heavy atom. The molecule has 2 aromatic rings. The Labute approximate surface area is 180 Å². The average molecular weight is 433 g/mol. The van der Waals surface area contributed by atoms with Crippen molar-refractivity contribution in [3.05, 3.63) is 58.4 Å². The molecule has 8 nitrogen and oxygen atoms in total. The first-order valence-electron chi connectivity index (χ1n) is 9.42. The Morgan fingerprint density at radius 3 is 2.57 bits per heavy atom. The van der Waals surface area contributed by atoms with Crippen LogP contribution in [0, 0.1) is 0 Å². The molecule has 2 N–H and O–H groups in total. The van der Waals surface area contributed by atoms with Crippen molar-refractivity contribution < 1.29 is 19.4 Å². The van der Waals surface area contributed by atoms with Gasteiger partial charge in [0, 0.05) is 23.7 Å². The van der Waals surface area contributed by atoms with Crippen molar-refractivity contribution in [2.75, 3.05) is 11.4 Å². The van der Waals surface area contributed by atoms with Gasteiger partial charge in [-0.1, -0.05) is 11.6 Å². The molecule has 160 valence electrons. The van der Waals surface area contributed by atoms with Crippen molar-refractivity contribution in [3.63, 3.8) is 0 Å². The summed E-state index contributed by atoms with van der Waals surface area (Å²) in [5.74, 6) is -0.476. The number of carbonyl (C=O) groups is 2. The van der Waals surface area contributed by atoms with Crippen molar-refractivity contribution >= 4 is 29.3 Å². The van der Waals surface area contributed by atoms with Gasteiger partial charge in [-0.3, -0.25) is 9.59 Å². The minimum absolute atomic E-state index is 0.0400. The number of carboxylic acids is 1. The van der Waals surface area contributed by atoms with Gasteiger partial charge in [0.15, 0.2) is 11.5 Å². The predicted molar refractivity (Wildman–Crippen MR) is 115 cm³/mol. The first kappa shape index (κ1) is 23.2. The number of hydrogen-bond acceptors (Lipinski definition) is 6. The molecule has 0 bridgehead atoms. The maximum absolute atomic E-state index is 12.1. The standard InChI is InChI=1S/C21H25ClN4O4/c1-5-26(11-15-10-16(22)6-8-18(15)30-12-13(2)3)19-9-7-17(24-25-19)20(27)23-14(4)21(28)29/h6-10,12,14H,5,11H2,1-4H3,(H,23,27)(H,28,29). The number of allylic oxidation sites excluding steroid dienone is 1. The molecular formula is C21H25ClN4O4. The SMILES string of the molecule is CCN(Cc1cc(Cl)ccc1OC=C(C)C)c1ccc(C(=O)NC(C)C(=O)O)nn1. The number of benzene rings is 1. The lowest BCUT2D eigenvalue weighted by Crippen LogP contribution is -2.38. The van der Waals surface area contributed by atoms with Gasteiger partial charge in [-0.15, -0.1) is 10.2 Å². The van der Waals surface area contributed by atoms with Crippen molar-refractivity contribution in [3.8, 4) is 5.75 Å². The van der Waals surface area contributed by atoms with Crippen LogP contribution in [0.4, 0.5) is 5.82 Å². The number of carboxylic acid groups (broad SMARTS) is 1. The third kappa shape index (κ3) is 6.45. The summed E-state index contributed by atoms with van der Waals surface area (Å²) in [5, 5.41) is 19.9. The van der Waals surface area contributed by atoms with Crippen LogP contribution in [-0.2, 0) is 11.3 Å². The molecule has 1 unspecified atom stereocenters. The normalized spacial score (nSPS) is 11.4. The van der Waals surface area contributed by atoms with Gasteiger partial charge in [0.2, 0.25) is 0 Å². The molecule has 0 fully saturated rings. The number of aliphatic carboxylic acids is 1. The molecule has 9 heteroatoms. The predicted octanol–water partition coefficient (Wildman–Crippen LogP) is 3.66. The molecule has 0 radical (unpaired) electrons. The first-order chi connectivity index (χ1) is 14.2. The molecule has 1 heterocycles. The smallest absolute Gasteiger partial charge is 0.325 e. The maximum atomic E-state index is 12.1. The number of amides is 1. The minimum Gasteiger partial charge on any atom is -0.480 e. The number of anilines is 1. The van der Waals surface area contributed by atoms with E-state index < -0.39 is 17.9 Å². The van der Waals surface area contributed by atoms with Gasteiger partial charge >= 0.3 is 5.97 Å². The maximum Gasteiger partial charge on any atom is 0.325 e. The lowest BCUT2D eigenvalue weighted by Gasteiger charge is -2.23. The molecule has 0 aliphatic rings. The molecule has 1 aromatic carbocycles. The molecule has 0 saturated carbocycles. The molecular weight excluding hydrogens is 408 g/mol. The Kier molecular flexibility index (Phi) is 8.17. The molecule has 30 heavy (non-hydrogen) atoms. The quantitative estimate of drug-likeness (QED) is 0.582. The Bertz CT molecular complexity index is 927. The van der Waals surface area contributed by atoms with E-state index >= 15 is 0 Å². The van der Waals surface area contributed by atoms with E-state index in [0.717, 1.165) is 11.1 Å². The summed E-state index contributed by atoms with van der Waals surface area (Å²) in [4.78, 5) is 24.9. The van der Waals surface area contributed by atoms with E-state index in [4.69, 9.17) is 21.4 Å². The van der Waals surface area contributed by atoms with Crippen molar-refractivity contribution in [2.45, 2.75) is 40.3 Å². The second-order valence-corrected chi connectivity index (χ2v) is 7.33. The number of carbonyl (C=O) groups excluding carboxylic acids is 1. The first-order valence-corrected chi connectivity index (χ1v) is 9.79. The van der Waals surface area contributed by atoms with E-state index in [1.54, 1.807) is 18.4 Å². The fourth-order valence-corrected chi connectivity index (χ4v) is 2.67. The Hall–Kier alpha value is -3.13. The fraction of sp³-hybridized carbons (Fsp3) is 0.333. The van der Waals surface area contributed by atoms with Gasteiger partial charge in [0.25, 0.3) is 5.91 Å². The molecule has 1 aromatic heterocycles. The van der Waals surface area contributed by atoms with Gasteiger partial charge in [-0.25, -0.2) is 0 Å². The molecule has 0 saturated heterocycles. The average Bonchev–Trinajstić information content (AvgIpc) is 2.71. The van der Waals surface area contributed by atoms with Crippen LogP contribution in [-0.4, -0.2) is 39.8 Å². The van der Waals surface area contributed by atoms with E-state index in [1.807, 2.05) is 37.8 Å². The highest BCUT2D eigenvalue weighted by Crippen LogP contribution is 2.26. The number of ether oxygens (including phenoxy) is 1. The molecule has 1 amide bonds. The topological polar surface area (TPSA) is 105 Å². The summed E-state index contributed by atoms with van der Waals surface area (Å²) < 4.78 is 5.76. The highest BCUT2D eigenvalue weighted by Gasteiger charge is 2.18. The lowest BCUT2D eigenvalue weighted by molar-refractivity contribution is -0.138. The second kappa shape index (κ2) is 10.6. The fourth-order valence-electron chi connectivity index (χ4n) is 2.48. The number of nitrogens with one attached hydrogen (secondary N) is 1. The van der Waals surface area contributed by atoms with Gasteiger partial charge < -0.3 is 20.1 Å². The van der Waals surface area contributed by atoms with Crippen molar-refractivity contribution in [2.24, 2.45) is 0 Å². The van der Waals surface area contributed by atoms with E-state index in [1.165, 1.54) is 13.0 Å². The van der Waals surface area contributed by atoms with E-state index in [-0.39, 0.29) is 5.69 Å². The third-order valence-corrected chi connectivity index (χ3v) is 4.35. The monoisotopic (exact) mass is 432 g/mol.